The first-order valence-electron chi connectivity index (χ1n) is 8.90. The minimum Gasteiger partial charge on any atom is -0.474 e. The van der Waals surface area contributed by atoms with Gasteiger partial charge < -0.3 is 14.5 Å². The maximum Gasteiger partial charge on any atom is 0.228 e. The normalized spacial score (nSPS) is 17.2. The molecule has 1 aromatic heterocycles. The molecule has 0 spiro atoms. The summed E-state index contributed by atoms with van der Waals surface area (Å²) in [6.07, 6.45) is 7.21. The van der Waals surface area contributed by atoms with E-state index < -0.39 is 0 Å². The largest absolute Gasteiger partial charge is 0.474 e. The molecule has 0 unspecified atom stereocenters. The molecular weight excluding hydrogens is 396 g/mol. The summed E-state index contributed by atoms with van der Waals surface area (Å²) < 4.78 is 6.93. The zero-order valence-corrected chi connectivity index (χ0v) is 17.3. The summed E-state index contributed by atoms with van der Waals surface area (Å²) in [6.45, 7) is 8.99. The summed E-state index contributed by atoms with van der Waals surface area (Å²) in [5.41, 5.74) is 2.77. The minimum absolute atomic E-state index is 0.136. The van der Waals surface area contributed by atoms with Gasteiger partial charge in [0, 0.05) is 13.6 Å². The fourth-order valence-electron chi connectivity index (χ4n) is 2.48. The van der Waals surface area contributed by atoms with Gasteiger partial charge in [-0.05, 0) is 61.5 Å². The van der Waals surface area contributed by atoms with Gasteiger partial charge in [0.1, 0.15) is 12.7 Å². The number of ether oxygens (including phenoxy) is 1. The van der Waals surface area contributed by atoms with Crippen molar-refractivity contribution in [3.05, 3.63) is 28.9 Å². The number of aromatic nitrogens is 1. The van der Waals surface area contributed by atoms with E-state index in [0.717, 1.165) is 53.8 Å². The molecule has 1 aliphatic rings. The Morgan fingerprint density at radius 3 is 2.81 bits per heavy atom. The van der Waals surface area contributed by atoms with Crippen LogP contribution in [0, 0.1) is 6.92 Å². The lowest BCUT2D eigenvalue weighted by molar-refractivity contribution is 0.156. The molecule has 0 aromatic carbocycles. The first-order valence-corrected chi connectivity index (χ1v) is 9.69. The summed E-state index contributed by atoms with van der Waals surface area (Å²) in [7, 11) is 1.99. The third-order valence-electron chi connectivity index (χ3n) is 4.17. The van der Waals surface area contributed by atoms with Gasteiger partial charge >= 0.3 is 0 Å². The molecule has 1 aliphatic carbocycles. The molecule has 0 saturated heterocycles. The van der Waals surface area contributed by atoms with Crippen LogP contribution in [0.15, 0.2) is 33.3 Å². The molecule has 26 heavy (non-hydrogen) atoms. The highest BCUT2D eigenvalue weighted by Gasteiger charge is 2.21. The monoisotopic (exact) mass is 422 g/mol. The summed E-state index contributed by atoms with van der Waals surface area (Å²) >= 11 is 3.56. The standard InChI is InChI=1S/C19H27BrN4O2/c1-5-11-25-23-15-7-9-16(10-8-15)26-19-17(20)12-18(14(3)22-19)21-13-24(4)6-2/h5,12-13,16H,1,6-11H2,2-4H3/b21-13+,23-15?. The number of nitrogens with zero attached hydrogens (tertiary/aromatic N) is 4. The van der Waals surface area contributed by atoms with E-state index in [1.54, 1.807) is 6.08 Å². The Morgan fingerprint density at radius 2 is 2.15 bits per heavy atom. The van der Waals surface area contributed by atoms with E-state index in [4.69, 9.17) is 9.57 Å². The van der Waals surface area contributed by atoms with Crippen molar-refractivity contribution >= 4 is 33.7 Å². The van der Waals surface area contributed by atoms with Crippen LogP contribution in [0.2, 0.25) is 0 Å². The maximum atomic E-state index is 6.11. The Kier molecular flexibility index (Phi) is 8.09. The third kappa shape index (κ3) is 6.12. The highest BCUT2D eigenvalue weighted by Crippen LogP contribution is 2.32. The van der Waals surface area contributed by atoms with Crippen molar-refractivity contribution in [1.82, 2.24) is 9.88 Å². The number of oxime groups is 1. The van der Waals surface area contributed by atoms with Gasteiger partial charge in [-0.1, -0.05) is 17.8 Å². The quantitative estimate of drug-likeness (QED) is 0.201. The predicted octanol–water partition coefficient (Wildman–Crippen LogP) is 4.64. The van der Waals surface area contributed by atoms with Crippen LogP contribution < -0.4 is 4.74 Å². The van der Waals surface area contributed by atoms with Crippen LogP contribution in [0.25, 0.3) is 0 Å². The van der Waals surface area contributed by atoms with E-state index in [-0.39, 0.29) is 6.10 Å². The summed E-state index contributed by atoms with van der Waals surface area (Å²) in [4.78, 5) is 16.2. The molecule has 0 radical (unpaired) electrons. The number of hydrogen-bond donors (Lipinski definition) is 0. The molecule has 0 bridgehead atoms. The lowest BCUT2D eigenvalue weighted by Gasteiger charge is -2.24. The lowest BCUT2D eigenvalue weighted by atomic mass is 9.96. The fourth-order valence-corrected chi connectivity index (χ4v) is 2.88. The first kappa shape index (κ1) is 20.4. The van der Waals surface area contributed by atoms with Crippen molar-refractivity contribution in [3.63, 3.8) is 0 Å². The van der Waals surface area contributed by atoms with Gasteiger partial charge in [0.25, 0.3) is 0 Å². The van der Waals surface area contributed by atoms with Crippen LogP contribution in [0.4, 0.5) is 5.69 Å². The summed E-state index contributed by atoms with van der Waals surface area (Å²) in [5.74, 6) is 0.624. The summed E-state index contributed by atoms with van der Waals surface area (Å²) in [6, 6.07) is 1.95. The molecule has 6 nitrogen and oxygen atoms in total. The molecular formula is C19H27BrN4O2. The highest BCUT2D eigenvalue weighted by molar-refractivity contribution is 9.10. The molecule has 1 saturated carbocycles. The highest BCUT2D eigenvalue weighted by atomic mass is 79.9. The Labute approximate surface area is 164 Å². The molecule has 7 heteroatoms. The number of aliphatic imine (C=N–C) groups is 1. The van der Waals surface area contributed by atoms with Crippen LogP contribution in [0.5, 0.6) is 5.88 Å². The second kappa shape index (κ2) is 10.3. The molecule has 1 aromatic rings. The average molecular weight is 423 g/mol. The van der Waals surface area contributed by atoms with Gasteiger partial charge in [0.15, 0.2) is 0 Å². The van der Waals surface area contributed by atoms with Gasteiger partial charge in [-0.15, -0.1) is 0 Å². The second-order valence-corrected chi connectivity index (χ2v) is 7.11. The number of hydrogen-bond acceptors (Lipinski definition) is 5. The van der Waals surface area contributed by atoms with Crippen molar-refractivity contribution in [2.45, 2.75) is 45.6 Å². The smallest absolute Gasteiger partial charge is 0.228 e. The van der Waals surface area contributed by atoms with Gasteiger partial charge in [-0.3, -0.25) is 0 Å². The topological polar surface area (TPSA) is 59.3 Å². The van der Waals surface area contributed by atoms with Gasteiger partial charge in [0.2, 0.25) is 5.88 Å². The van der Waals surface area contributed by atoms with Gasteiger partial charge in [-0.25, -0.2) is 9.98 Å². The Morgan fingerprint density at radius 1 is 1.42 bits per heavy atom. The Balaban J connectivity index is 1.96. The zero-order chi connectivity index (χ0) is 18.9. The van der Waals surface area contributed by atoms with Gasteiger partial charge in [-0.2, -0.15) is 0 Å². The predicted molar refractivity (Wildman–Crippen MR) is 110 cm³/mol. The van der Waals surface area contributed by atoms with Crippen molar-refractivity contribution in [2.75, 3.05) is 20.2 Å². The molecule has 0 atom stereocenters. The van der Waals surface area contributed by atoms with E-state index in [1.807, 2.05) is 31.3 Å². The lowest BCUT2D eigenvalue weighted by Crippen LogP contribution is -2.25. The van der Waals surface area contributed by atoms with Crippen molar-refractivity contribution in [1.29, 1.82) is 0 Å². The SMILES string of the molecule is C=CCON=C1CCC(Oc2nc(C)c(/N=C/N(C)CC)cc2Br)CC1. The molecule has 142 valence electrons. The van der Waals surface area contributed by atoms with Crippen LogP contribution >= 0.6 is 15.9 Å². The fraction of sp³-hybridized carbons (Fsp3) is 0.526. The molecule has 0 N–H and O–H groups in total. The second-order valence-electron chi connectivity index (χ2n) is 6.26. The number of halogens is 1. The first-order chi connectivity index (χ1) is 12.5. The summed E-state index contributed by atoms with van der Waals surface area (Å²) in [5, 5.41) is 4.14. The number of rotatable bonds is 8. The van der Waals surface area contributed by atoms with E-state index in [9.17, 15) is 0 Å². The van der Waals surface area contributed by atoms with Crippen molar-refractivity contribution in [3.8, 4) is 5.88 Å². The molecule has 0 aliphatic heterocycles. The molecule has 1 fully saturated rings. The number of aryl methyl sites for hydroxylation is 1. The molecule has 2 rings (SSSR count). The molecule has 0 amide bonds. The third-order valence-corrected chi connectivity index (χ3v) is 4.74. The van der Waals surface area contributed by atoms with Crippen LogP contribution in [0.1, 0.15) is 38.3 Å². The minimum atomic E-state index is 0.136. The maximum absolute atomic E-state index is 6.11. The molecule has 1 heterocycles. The van der Waals surface area contributed by atoms with Crippen LogP contribution in [0.3, 0.4) is 0 Å². The average Bonchev–Trinajstić information content (AvgIpc) is 2.64. The van der Waals surface area contributed by atoms with E-state index in [0.29, 0.717) is 12.5 Å². The van der Waals surface area contributed by atoms with Crippen LogP contribution in [-0.4, -0.2) is 48.2 Å². The van der Waals surface area contributed by atoms with E-state index >= 15 is 0 Å². The number of pyridine rings is 1. The Hall–Kier alpha value is -1.89. The van der Waals surface area contributed by atoms with Gasteiger partial charge in [0.05, 0.1) is 27.9 Å². The van der Waals surface area contributed by atoms with E-state index in [2.05, 4.69) is 44.6 Å². The van der Waals surface area contributed by atoms with Crippen LogP contribution in [-0.2, 0) is 4.84 Å². The Bertz CT molecular complexity index is 666. The van der Waals surface area contributed by atoms with Crippen molar-refractivity contribution < 1.29 is 9.57 Å². The van der Waals surface area contributed by atoms with Crippen molar-refractivity contribution in [2.24, 2.45) is 10.1 Å². The zero-order valence-electron chi connectivity index (χ0n) is 15.7. The van der Waals surface area contributed by atoms with E-state index in [1.165, 1.54) is 0 Å².